The van der Waals surface area contributed by atoms with E-state index in [-0.39, 0.29) is 0 Å². The van der Waals surface area contributed by atoms with Gasteiger partial charge in [-0.25, -0.2) is 4.98 Å². The average molecular weight is 355 g/mol. The molecular weight excluding hydrogens is 320 g/mol. The van der Waals surface area contributed by atoms with E-state index in [1.807, 2.05) is 6.07 Å². The predicted molar refractivity (Wildman–Crippen MR) is 112 cm³/mol. The van der Waals surface area contributed by atoms with Crippen LogP contribution >= 0.6 is 0 Å². The fraction of sp³-hybridized carbons (Fsp3) is 0.545. The maximum absolute atomic E-state index is 4.66. The second kappa shape index (κ2) is 12.3. The van der Waals surface area contributed by atoms with Crippen LogP contribution in [0, 0.1) is 0 Å². The van der Waals surface area contributed by atoms with Gasteiger partial charge in [0, 0.05) is 24.8 Å². The lowest BCUT2D eigenvalue weighted by Crippen LogP contribution is -2.10. The first-order valence-corrected chi connectivity index (χ1v) is 10.2. The summed E-state index contributed by atoms with van der Waals surface area (Å²) >= 11 is 0. The molecule has 0 aliphatic heterocycles. The van der Waals surface area contributed by atoms with Crippen molar-refractivity contribution in [2.24, 2.45) is 0 Å². The summed E-state index contributed by atoms with van der Waals surface area (Å²) in [5, 5.41) is 6.84. The first kappa shape index (κ1) is 20.2. The van der Waals surface area contributed by atoms with Gasteiger partial charge in [0.1, 0.15) is 5.82 Å². The van der Waals surface area contributed by atoms with Gasteiger partial charge in [-0.15, -0.1) is 0 Å². The molecule has 0 radical (unpaired) electrons. The van der Waals surface area contributed by atoms with Crippen LogP contribution in [0.4, 0.5) is 11.8 Å². The Bertz CT molecular complexity index is 613. The predicted octanol–water partition coefficient (Wildman–Crippen LogP) is 5.81. The highest BCUT2D eigenvalue weighted by Crippen LogP contribution is 2.14. The Morgan fingerprint density at radius 2 is 1.58 bits per heavy atom. The fourth-order valence-electron chi connectivity index (χ4n) is 2.95. The molecule has 1 aromatic carbocycles. The van der Waals surface area contributed by atoms with Crippen LogP contribution in [0.15, 0.2) is 36.4 Å². The van der Waals surface area contributed by atoms with Crippen LogP contribution in [0.25, 0.3) is 0 Å². The van der Waals surface area contributed by atoms with Crippen LogP contribution < -0.4 is 10.6 Å². The van der Waals surface area contributed by atoms with E-state index in [1.54, 1.807) is 0 Å². The number of aryl methyl sites for hydroxylation is 1. The van der Waals surface area contributed by atoms with E-state index in [1.165, 1.54) is 44.1 Å². The lowest BCUT2D eigenvalue weighted by Gasteiger charge is -2.11. The minimum Gasteiger partial charge on any atom is -0.366 e. The van der Waals surface area contributed by atoms with E-state index in [0.29, 0.717) is 0 Å². The Hall–Kier alpha value is -2.10. The third-order valence-corrected chi connectivity index (χ3v) is 4.42. The molecule has 0 atom stereocenters. The summed E-state index contributed by atoms with van der Waals surface area (Å²) in [4.78, 5) is 9.31. The Morgan fingerprint density at radius 3 is 2.35 bits per heavy atom. The molecule has 0 aliphatic rings. The molecule has 0 unspecified atom stereocenters. The molecule has 26 heavy (non-hydrogen) atoms. The summed E-state index contributed by atoms with van der Waals surface area (Å²) in [6, 6.07) is 12.5. The lowest BCUT2D eigenvalue weighted by molar-refractivity contribution is 0.616. The smallest absolute Gasteiger partial charge is 0.224 e. The van der Waals surface area contributed by atoms with Crippen molar-refractivity contribution in [1.29, 1.82) is 0 Å². The van der Waals surface area contributed by atoms with Crippen molar-refractivity contribution in [1.82, 2.24) is 9.97 Å². The molecule has 0 saturated carbocycles. The molecule has 0 amide bonds. The SMILES string of the molecule is CCCCCCCCNc1nc(CCC)cc(NCc2ccccc2)n1. The number of unbranched alkanes of at least 4 members (excludes halogenated alkanes) is 5. The molecule has 4 heteroatoms. The van der Waals surface area contributed by atoms with Crippen LogP contribution in [0.1, 0.15) is 70.1 Å². The minimum absolute atomic E-state index is 0.750. The largest absolute Gasteiger partial charge is 0.366 e. The van der Waals surface area contributed by atoms with Crippen molar-refractivity contribution in [3.63, 3.8) is 0 Å². The first-order valence-electron chi connectivity index (χ1n) is 10.2. The molecule has 1 heterocycles. The van der Waals surface area contributed by atoms with Crippen LogP contribution in [-0.4, -0.2) is 16.5 Å². The zero-order chi connectivity index (χ0) is 18.5. The van der Waals surface area contributed by atoms with Crippen LogP contribution in [0.5, 0.6) is 0 Å². The molecule has 0 saturated heterocycles. The molecule has 0 bridgehead atoms. The van der Waals surface area contributed by atoms with Crippen LogP contribution in [0.2, 0.25) is 0 Å². The summed E-state index contributed by atoms with van der Waals surface area (Å²) in [5.74, 6) is 1.65. The van der Waals surface area contributed by atoms with E-state index in [4.69, 9.17) is 0 Å². The summed E-state index contributed by atoms with van der Waals surface area (Å²) in [6.07, 6.45) is 9.86. The van der Waals surface area contributed by atoms with E-state index in [2.05, 4.69) is 64.8 Å². The van der Waals surface area contributed by atoms with Crippen molar-refractivity contribution in [2.75, 3.05) is 17.2 Å². The normalized spacial score (nSPS) is 10.7. The molecule has 142 valence electrons. The highest BCUT2D eigenvalue weighted by molar-refractivity contribution is 5.43. The Balaban J connectivity index is 1.85. The zero-order valence-electron chi connectivity index (χ0n) is 16.4. The molecule has 0 spiro atoms. The number of nitrogens with one attached hydrogen (secondary N) is 2. The molecule has 2 N–H and O–H groups in total. The standard InChI is InChI=1S/C22H34N4/c1-3-5-6-7-8-12-16-23-22-25-20(13-4-2)17-21(26-22)24-18-19-14-10-9-11-15-19/h9-11,14-15,17H,3-8,12-13,16,18H2,1-2H3,(H2,23,24,25,26). The van der Waals surface area contributed by atoms with Crippen molar-refractivity contribution in [2.45, 2.75) is 71.8 Å². The average Bonchev–Trinajstić information content (AvgIpc) is 2.67. The lowest BCUT2D eigenvalue weighted by atomic mass is 10.1. The quantitative estimate of drug-likeness (QED) is 0.445. The topological polar surface area (TPSA) is 49.8 Å². The van der Waals surface area contributed by atoms with Gasteiger partial charge in [0.25, 0.3) is 0 Å². The highest BCUT2D eigenvalue weighted by atomic mass is 15.1. The molecular formula is C22H34N4. The molecule has 1 aromatic heterocycles. The van der Waals surface area contributed by atoms with E-state index in [0.717, 1.165) is 43.4 Å². The van der Waals surface area contributed by atoms with Gasteiger partial charge in [0.05, 0.1) is 0 Å². The number of aromatic nitrogens is 2. The monoisotopic (exact) mass is 354 g/mol. The number of hydrogen-bond acceptors (Lipinski definition) is 4. The van der Waals surface area contributed by atoms with Crippen molar-refractivity contribution in [3.05, 3.63) is 47.7 Å². The van der Waals surface area contributed by atoms with Crippen molar-refractivity contribution in [3.8, 4) is 0 Å². The summed E-state index contributed by atoms with van der Waals surface area (Å²) in [7, 11) is 0. The van der Waals surface area contributed by atoms with Crippen molar-refractivity contribution >= 4 is 11.8 Å². The minimum atomic E-state index is 0.750. The van der Waals surface area contributed by atoms with E-state index >= 15 is 0 Å². The number of nitrogens with zero attached hydrogens (tertiary/aromatic N) is 2. The van der Waals surface area contributed by atoms with Crippen LogP contribution in [0.3, 0.4) is 0 Å². The summed E-state index contributed by atoms with van der Waals surface area (Å²) in [5.41, 5.74) is 2.35. The third-order valence-electron chi connectivity index (χ3n) is 4.42. The van der Waals surface area contributed by atoms with E-state index < -0.39 is 0 Å². The fourth-order valence-corrected chi connectivity index (χ4v) is 2.95. The molecule has 2 rings (SSSR count). The first-order chi connectivity index (χ1) is 12.8. The van der Waals surface area contributed by atoms with Gasteiger partial charge in [-0.05, 0) is 18.4 Å². The maximum Gasteiger partial charge on any atom is 0.224 e. The van der Waals surface area contributed by atoms with Crippen molar-refractivity contribution < 1.29 is 0 Å². The number of benzene rings is 1. The second-order valence-electron chi connectivity index (χ2n) is 6.85. The van der Waals surface area contributed by atoms with Gasteiger partial charge >= 0.3 is 0 Å². The third kappa shape index (κ3) is 7.85. The Labute approximate surface area is 158 Å². The van der Waals surface area contributed by atoms with Gasteiger partial charge in [-0.1, -0.05) is 82.7 Å². The van der Waals surface area contributed by atoms with Gasteiger partial charge in [0.15, 0.2) is 0 Å². The maximum atomic E-state index is 4.66. The van der Waals surface area contributed by atoms with Gasteiger partial charge in [0.2, 0.25) is 5.95 Å². The van der Waals surface area contributed by atoms with Crippen LogP contribution in [-0.2, 0) is 13.0 Å². The van der Waals surface area contributed by atoms with E-state index in [9.17, 15) is 0 Å². The molecule has 0 aliphatic carbocycles. The summed E-state index contributed by atoms with van der Waals surface area (Å²) < 4.78 is 0. The Kier molecular flexibility index (Phi) is 9.55. The van der Waals surface area contributed by atoms with Gasteiger partial charge < -0.3 is 10.6 Å². The molecule has 0 fully saturated rings. The molecule has 2 aromatic rings. The van der Waals surface area contributed by atoms with Gasteiger partial charge in [-0.2, -0.15) is 4.98 Å². The molecule has 4 nitrogen and oxygen atoms in total. The Morgan fingerprint density at radius 1 is 0.808 bits per heavy atom. The number of hydrogen-bond donors (Lipinski definition) is 2. The van der Waals surface area contributed by atoms with Gasteiger partial charge in [-0.3, -0.25) is 0 Å². The zero-order valence-corrected chi connectivity index (χ0v) is 16.4. The second-order valence-corrected chi connectivity index (χ2v) is 6.85. The summed E-state index contributed by atoms with van der Waals surface area (Å²) in [6.45, 7) is 6.16. The highest BCUT2D eigenvalue weighted by Gasteiger charge is 2.04. The number of anilines is 2. The number of rotatable bonds is 13.